The van der Waals surface area contributed by atoms with Crippen molar-refractivity contribution in [3.05, 3.63) is 40.4 Å². The first-order valence-electron chi connectivity index (χ1n) is 8.97. The Morgan fingerprint density at radius 3 is 2.68 bits per heavy atom. The number of carbonyl (C=O) groups excluding carboxylic acids is 3. The normalized spacial score (nSPS) is 23.6. The van der Waals surface area contributed by atoms with Crippen molar-refractivity contribution < 1.29 is 58.0 Å². The Kier molecular flexibility index (Phi) is 6.52. The van der Waals surface area contributed by atoms with E-state index in [4.69, 9.17) is 16.1 Å². The second-order valence-electron chi connectivity index (χ2n) is 7.59. The number of aliphatic carboxylic acids is 1. The number of aromatic nitrogens is 1. The van der Waals surface area contributed by atoms with E-state index in [1.54, 1.807) is 13.8 Å². The Morgan fingerprint density at radius 2 is 2.06 bits per heavy atom. The average Bonchev–Trinajstić information content (AvgIpc) is 3.14. The first-order chi connectivity index (χ1) is 14.0. The number of nitrogens with zero attached hydrogens (tertiary/aromatic N) is 2. The first-order valence-corrected chi connectivity index (χ1v) is 10.2. The molecule has 2 aliphatic heterocycles. The van der Waals surface area contributed by atoms with Crippen LogP contribution in [0.15, 0.2) is 22.7 Å². The van der Waals surface area contributed by atoms with Crippen molar-refractivity contribution in [1.29, 1.82) is 0 Å². The van der Waals surface area contributed by atoms with Crippen LogP contribution in [-0.4, -0.2) is 50.0 Å². The van der Waals surface area contributed by atoms with Gasteiger partial charge in [0.25, 0.3) is 5.91 Å². The van der Waals surface area contributed by atoms with Crippen LogP contribution in [-0.2, 0) is 9.59 Å². The molecule has 2 fully saturated rings. The Hall–Kier alpha value is -1.59. The quantitative estimate of drug-likeness (QED) is 0.416. The van der Waals surface area contributed by atoms with Gasteiger partial charge in [-0.05, 0) is 32.9 Å². The number of carboxylic acids is 1. The van der Waals surface area contributed by atoms with Gasteiger partial charge in [0.15, 0.2) is 0 Å². The van der Waals surface area contributed by atoms with E-state index in [2.05, 4.69) is 10.5 Å². The predicted molar refractivity (Wildman–Crippen MR) is 104 cm³/mol. The molecule has 12 heteroatoms. The Labute approximate surface area is 208 Å². The number of aryl methyl sites for hydroxylation is 1. The van der Waals surface area contributed by atoms with Gasteiger partial charge in [0.1, 0.15) is 34.3 Å². The monoisotopic (exact) mass is 475 g/mol. The molecular formula is C19H16ClFN3NaO5S. The predicted octanol–water partition coefficient (Wildman–Crippen LogP) is -1.64. The van der Waals surface area contributed by atoms with E-state index in [0.29, 0.717) is 0 Å². The van der Waals surface area contributed by atoms with Crippen molar-refractivity contribution in [2.45, 2.75) is 43.0 Å². The van der Waals surface area contributed by atoms with Crippen LogP contribution in [0.25, 0.3) is 11.3 Å². The molecule has 1 aromatic carbocycles. The number of amides is 2. The molecule has 4 rings (SSSR count). The fourth-order valence-electron chi connectivity index (χ4n) is 3.87. The molecule has 1 aromatic heterocycles. The van der Waals surface area contributed by atoms with Crippen LogP contribution in [0.1, 0.15) is 30.0 Å². The van der Waals surface area contributed by atoms with Crippen molar-refractivity contribution >= 4 is 41.1 Å². The van der Waals surface area contributed by atoms with E-state index in [1.807, 2.05) is 0 Å². The summed E-state index contributed by atoms with van der Waals surface area (Å²) in [5, 5.41) is 17.4. The van der Waals surface area contributed by atoms with Crippen LogP contribution in [0.5, 0.6) is 0 Å². The minimum absolute atomic E-state index is 0. The van der Waals surface area contributed by atoms with Crippen LogP contribution in [0.3, 0.4) is 0 Å². The van der Waals surface area contributed by atoms with Crippen LogP contribution >= 0.6 is 23.4 Å². The summed E-state index contributed by atoms with van der Waals surface area (Å²) in [6.45, 7) is 4.88. The SMILES string of the molecule is Cc1onc(-c2c(F)cccc2Cl)c1C(=O)N[C@@H]1C(=O)N2[C@@H]1SC(C)(C)[C@@H]2C(=O)[O-].[Na+]. The molecule has 3 heterocycles. The summed E-state index contributed by atoms with van der Waals surface area (Å²) in [7, 11) is 0. The molecule has 158 valence electrons. The number of hydrogen-bond donors (Lipinski definition) is 1. The fraction of sp³-hybridized carbons (Fsp3) is 0.368. The summed E-state index contributed by atoms with van der Waals surface area (Å²) in [5.41, 5.74) is -0.216. The number of halogens is 2. The molecule has 3 atom stereocenters. The number of carbonyl (C=O) groups is 3. The number of fused-ring (bicyclic) bond motifs is 1. The Bertz CT molecular complexity index is 1070. The van der Waals surface area contributed by atoms with Gasteiger partial charge in [-0.25, -0.2) is 4.39 Å². The third kappa shape index (κ3) is 3.78. The van der Waals surface area contributed by atoms with Gasteiger partial charge in [-0.1, -0.05) is 22.8 Å². The summed E-state index contributed by atoms with van der Waals surface area (Å²) in [5.74, 6) is -3.13. The van der Waals surface area contributed by atoms with Gasteiger partial charge in [-0.3, -0.25) is 9.59 Å². The van der Waals surface area contributed by atoms with E-state index < -0.39 is 45.8 Å². The molecule has 8 nitrogen and oxygen atoms in total. The number of β-lactam (4-membered cyclic amide) rings is 1. The zero-order valence-electron chi connectivity index (χ0n) is 17.1. The molecule has 31 heavy (non-hydrogen) atoms. The van der Waals surface area contributed by atoms with Gasteiger partial charge in [0.05, 0.1) is 22.6 Å². The molecule has 0 unspecified atom stereocenters. The maximum Gasteiger partial charge on any atom is 1.00 e. The van der Waals surface area contributed by atoms with Gasteiger partial charge < -0.3 is 24.6 Å². The third-order valence-electron chi connectivity index (χ3n) is 5.24. The van der Waals surface area contributed by atoms with Crippen molar-refractivity contribution in [2.75, 3.05) is 0 Å². The van der Waals surface area contributed by atoms with Crippen molar-refractivity contribution in [1.82, 2.24) is 15.4 Å². The van der Waals surface area contributed by atoms with Gasteiger partial charge in [-0.15, -0.1) is 11.8 Å². The summed E-state index contributed by atoms with van der Waals surface area (Å²) in [6.07, 6.45) is 0. The zero-order chi connectivity index (χ0) is 22.0. The molecule has 2 amide bonds. The molecule has 0 aliphatic carbocycles. The maximum absolute atomic E-state index is 14.3. The van der Waals surface area contributed by atoms with Gasteiger partial charge in [0.2, 0.25) is 5.91 Å². The van der Waals surface area contributed by atoms with E-state index in [0.717, 1.165) is 0 Å². The van der Waals surface area contributed by atoms with Crippen molar-refractivity contribution in [3.63, 3.8) is 0 Å². The molecule has 0 radical (unpaired) electrons. The van der Waals surface area contributed by atoms with E-state index in [9.17, 15) is 23.9 Å². The molecule has 0 spiro atoms. The van der Waals surface area contributed by atoms with Gasteiger partial charge in [0, 0.05) is 4.75 Å². The van der Waals surface area contributed by atoms with Crippen molar-refractivity contribution in [3.8, 4) is 11.3 Å². The van der Waals surface area contributed by atoms with E-state index in [-0.39, 0.29) is 57.2 Å². The Balaban J connectivity index is 0.00000272. The number of hydrogen-bond acceptors (Lipinski definition) is 7. The van der Waals surface area contributed by atoms with Crippen LogP contribution < -0.4 is 40.0 Å². The smallest absolute Gasteiger partial charge is 0.548 e. The number of rotatable bonds is 4. The molecule has 0 bridgehead atoms. The standard InChI is InChI=1S/C19H17ClFN3O5S.Na/c1-7-10(12(23-29-7)11-8(20)5-4-6-9(11)21)15(25)22-13-16(26)24-14(18(27)28)19(2,3)30-17(13)24;/h4-6,13-14,17H,1-3H3,(H,22,25)(H,27,28);/q;+1/p-1/t13-,14+,17-;/m1./s1. The van der Waals surface area contributed by atoms with Crippen LogP contribution in [0, 0.1) is 12.7 Å². The molecule has 2 aliphatic rings. The molecule has 1 N–H and O–H groups in total. The first kappa shape index (κ1) is 24.1. The molecule has 2 saturated heterocycles. The zero-order valence-corrected chi connectivity index (χ0v) is 20.6. The fourth-order valence-corrected chi connectivity index (χ4v) is 5.75. The van der Waals surface area contributed by atoms with Crippen molar-refractivity contribution in [2.24, 2.45) is 0 Å². The maximum atomic E-state index is 14.3. The topological polar surface area (TPSA) is 116 Å². The summed E-state index contributed by atoms with van der Waals surface area (Å²) >= 11 is 7.35. The summed E-state index contributed by atoms with van der Waals surface area (Å²) in [6, 6.07) is 2.01. The molecule has 0 saturated carbocycles. The summed E-state index contributed by atoms with van der Waals surface area (Å²) < 4.78 is 18.7. The summed E-state index contributed by atoms with van der Waals surface area (Å²) in [4.78, 5) is 38.3. The van der Waals surface area contributed by atoms with Gasteiger partial charge >= 0.3 is 29.6 Å². The van der Waals surface area contributed by atoms with E-state index in [1.165, 1.54) is 41.8 Å². The average molecular weight is 476 g/mol. The number of benzene rings is 1. The largest absolute Gasteiger partial charge is 1.00 e. The molecule has 2 aromatic rings. The number of thioether (sulfide) groups is 1. The second kappa shape index (κ2) is 8.40. The number of nitrogens with one attached hydrogen (secondary N) is 1. The Morgan fingerprint density at radius 1 is 1.39 bits per heavy atom. The third-order valence-corrected chi connectivity index (χ3v) is 7.13. The van der Waals surface area contributed by atoms with Gasteiger partial charge in [-0.2, -0.15) is 0 Å². The minimum Gasteiger partial charge on any atom is -0.548 e. The molecular weight excluding hydrogens is 460 g/mol. The van der Waals surface area contributed by atoms with Crippen LogP contribution in [0.2, 0.25) is 5.02 Å². The second-order valence-corrected chi connectivity index (χ2v) is 9.77. The number of carboxylic acid groups (broad SMARTS) is 1. The minimum atomic E-state index is -1.35. The van der Waals surface area contributed by atoms with Crippen LogP contribution in [0.4, 0.5) is 4.39 Å². The van der Waals surface area contributed by atoms with E-state index >= 15 is 0 Å².